The van der Waals surface area contributed by atoms with Crippen molar-refractivity contribution in [2.45, 2.75) is 26.2 Å². The predicted molar refractivity (Wildman–Crippen MR) is 92.5 cm³/mol. The van der Waals surface area contributed by atoms with Gasteiger partial charge in [0.1, 0.15) is 11.5 Å². The molecule has 0 atom stereocenters. The molecule has 1 N–H and O–H groups in total. The lowest BCUT2D eigenvalue weighted by atomic mass is 10.1. The molecule has 2 aromatic rings. The van der Waals surface area contributed by atoms with Crippen LogP contribution in [0, 0.1) is 0 Å². The number of hydrogen-bond donors (Lipinski definition) is 1. The second-order valence-electron chi connectivity index (χ2n) is 5.25. The summed E-state index contributed by atoms with van der Waals surface area (Å²) < 4.78 is 10.1. The minimum Gasteiger partial charge on any atom is -0.469 e. The van der Waals surface area contributed by atoms with Crippen LogP contribution in [0.25, 0.3) is 6.08 Å². The number of esters is 1. The lowest BCUT2D eigenvalue weighted by molar-refractivity contribution is -0.140. The molecule has 0 fully saturated rings. The minimum absolute atomic E-state index is 0.230. The molecule has 0 aliphatic rings. The Hall–Kier alpha value is -2.82. The Bertz CT molecular complexity index is 713. The van der Waals surface area contributed by atoms with Gasteiger partial charge in [-0.1, -0.05) is 19.1 Å². The second kappa shape index (κ2) is 8.72. The van der Waals surface area contributed by atoms with Crippen LogP contribution >= 0.6 is 0 Å². The first-order valence-electron chi connectivity index (χ1n) is 7.84. The Labute approximate surface area is 141 Å². The third-order valence-corrected chi connectivity index (χ3v) is 3.51. The van der Waals surface area contributed by atoms with Crippen molar-refractivity contribution < 1.29 is 18.7 Å². The van der Waals surface area contributed by atoms with Crippen LogP contribution in [0.2, 0.25) is 0 Å². The second-order valence-corrected chi connectivity index (χ2v) is 5.25. The molecule has 24 heavy (non-hydrogen) atoms. The number of carbonyl (C=O) groups is 2. The Morgan fingerprint density at radius 1 is 1.17 bits per heavy atom. The molecule has 1 aromatic carbocycles. The molecule has 0 aliphatic carbocycles. The fraction of sp³-hybridized carbons (Fsp3) is 0.263. The van der Waals surface area contributed by atoms with E-state index in [-0.39, 0.29) is 18.3 Å². The number of anilines is 1. The van der Waals surface area contributed by atoms with Gasteiger partial charge in [0.25, 0.3) is 0 Å². The molecule has 0 spiro atoms. The van der Waals surface area contributed by atoms with E-state index in [1.807, 2.05) is 24.3 Å². The largest absolute Gasteiger partial charge is 0.469 e. The normalized spacial score (nSPS) is 10.8. The number of nitrogens with one attached hydrogen (secondary N) is 1. The van der Waals surface area contributed by atoms with Gasteiger partial charge in [-0.3, -0.25) is 9.59 Å². The Kier molecular flexibility index (Phi) is 6.37. The van der Waals surface area contributed by atoms with Crippen molar-refractivity contribution in [2.75, 3.05) is 12.4 Å². The number of methoxy groups -OCH3 is 1. The molecule has 2 rings (SSSR count). The number of aryl methyl sites for hydroxylation is 2. The maximum Gasteiger partial charge on any atom is 0.305 e. The molecule has 126 valence electrons. The van der Waals surface area contributed by atoms with E-state index in [0.29, 0.717) is 17.9 Å². The van der Waals surface area contributed by atoms with Gasteiger partial charge >= 0.3 is 5.97 Å². The molecule has 0 unspecified atom stereocenters. The summed E-state index contributed by atoms with van der Waals surface area (Å²) in [6.07, 6.45) is 4.71. The molecule has 1 heterocycles. The van der Waals surface area contributed by atoms with Gasteiger partial charge in [0.15, 0.2) is 0 Å². The predicted octanol–water partition coefficient (Wildman–Crippen LogP) is 3.60. The number of ether oxygens (including phenoxy) is 1. The van der Waals surface area contributed by atoms with Crippen LogP contribution in [-0.2, 0) is 27.2 Å². The molecule has 1 amide bonds. The van der Waals surface area contributed by atoms with Gasteiger partial charge in [-0.15, -0.1) is 0 Å². The van der Waals surface area contributed by atoms with Crippen LogP contribution in [0.1, 0.15) is 30.4 Å². The van der Waals surface area contributed by atoms with Crippen molar-refractivity contribution in [3.8, 4) is 0 Å². The molecule has 0 saturated heterocycles. The van der Waals surface area contributed by atoms with Crippen LogP contribution in [0.15, 0.2) is 46.9 Å². The third kappa shape index (κ3) is 5.43. The van der Waals surface area contributed by atoms with Crippen molar-refractivity contribution in [3.63, 3.8) is 0 Å². The highest BCUT2D eigenvalue weighted by atomic mass is 16.5. The lowest BCUT2D eigenvalue weighted by Crippen LogP contribution is -2.07. The van der Waals surface area contributed by atoms with Crippen molar-refractivity contribution in [1.82, 2.24) is 0 Å². The number of hydrogen-bond acceptors (Lipinski definition) is 4. The average Bonchev–Trinajstić information content (AvgIpc) is 3.06. The molecule has 5 nitrogen and oxygen atoms in total. The quantitative estimate of drug-likeness (QED) is 0.623. The number of rotatable bonds is 7. The molecular formula is C19H21NO4. The van der Waals surface area contributed by atoms with E-state index in [4.69, 9.17) is 4.42 Å². The van der Waals surface area contributed by atoms with E-state index >= 15 is 0 Å². The maximum absolute atomic E-state index is 11.9. The summed E-state index contributed by atoms with van der Waals surface area (Å²) in [5.74, 6) is 0.727. The monoisotopic (exact) mass is 327 g/mol. The smallest absolute Gasteiger partial charge is 0.305 e. The van der Waals surface area contributed by atoms with Gasteiger partial charge < -0.3 is 14.5 Å². The zero-order valence-electron chi connectivity index (χ0n) is 13.9. The zero-order valence-corrected chi connectivity index (χ0v) is 13.9. The molecule has 1 aromatic heterocycles. The van der Waals surface area contributed by atoms with E-state index in [9.17, 15) is 9.59 Å². The van der Waals surface area contributed by atoms with Gasteiger partial charge in [0.05, 0.1) is 13.5 Å². The molecule has 5 heteroatoms. The zero-order chi connectivity index (χ0) is 17.4. The van der Waals surface area contributed by atoms with Gasteiger partial charge in [-0.25, -0.2) is 0 Å². The first-order valence-corrected chi connectivity index (χ1v) is 7.84. The van der Waals surface area contributed by atoms with E-state index in [0.717, 1.165) is 12.1 Å². The van der Waals surface area contributed by atoms with Crippen molar-refractivity contribution in [3.05, 3.63) is 59.6 Å². The first kappa shape index (κ1) is 17.5. The highest BCUT2D eigenvalue weighted by molar-refractivity contribution is 6.01. The molecule has 0 aliphatic heterocycles. The number of amides is 1. The minimum atomic E-state index is -0.281. The summed E-state index contributed by atoms with van der Waals surface area (Å²) in [5, 5.41) is 2.79. The summed E-state index contributed by atoms with van der Waals surface area (Å²) in [6.45, 7) is 2.08. The van der Waals surface area contributed by atoms with E-state index in [1.54, 1.807) is 18.2 Å². The van der Waals surface area contributed by atoms with Crippen LogP contribution in [0.5, 0.6) is 0 Å². The Morgan fingerprint density at radius 3 is 2.58 bits per heavy atom. The highest BCUT2D eigenvalue weighted by Crippen LogP contribution is 2.13. The van der Waals surface area contributed by atoms with Crippen molar-refractivity contribution >= 4 is 23.6 Å². The third-order valence-electron chi connectivity index (χ3n) is 3.51. The standard InChI is InChI=1S/C19H21NO4/c1-3-14-4-6-15(7-5-14)20-18(21)12-10-16-8-9-17(24-16)11-13-19(22)23-2/h4-10,12H,3,11,13H2,1-2H3,(H,20,21)/b12-10+. The van der Waals surface area contributed by atoms with Gasteiger partial charge in [-0.2, -0.15) is 0 Å². The molecule has 0 bridgehead atoms. The van der Waals surface area contributed by atoms with E-state index < -0.39 is 0 Å². The van der Waals surface area contributed by atoms with Crippen molar-refractivity contribution in [1.29, 1.82) is 0 Å². The van der Waals surface area contributed by atoms with Gasteiger partial charge in [0, 0.05) is 18.2 Å². The van der Waals surface area contributed by atoms with Crippen LogP contribution in [0.4, 0.5) is 5.69 Å². The fourth-order valence-corrected chi connectivity index (χ4v) is 2.11. The van der Waals surface area contributed by atoms with Gasteiger partial charge in [-0.05, 0) is 42.3 Å². The summed E-state index contributed by atoms with van der Waals surface area (Å²) >= 11 is 0. The average molecular weight is 327 g/mol. The van der Waals surface area contributed by atoms with Crippen LogP contribution in [-0.4, -0.2) is 19.0 Å². The summed E-state index contributed by atoms with van der Waals surface area (Å²) in [7, 11) is 1.35. The molecule has 0 radical (unpaired) electrons. The maximum atomic E-state index is 11.9. The van der Waals surface area contributed by atoms with E-state index in [2.05, 4.69) is 17.0 Å². The summed E-state index contributed by atoms with van der Waals surface area (Å²) in [5.41, 5.74) is 1.97. The Morgan fingerprint density at radius 2 is 1.92 bits per heavy atom. The van der Waals surface area contributed by atoms with Crippen LogP contribution < -0.4 is 5.32 Å². The molecular weight excluding hydrogens is 306 g/mol. The molecule has 0 saturated carbocycles. The van der Waals surface area contributed by atoms with Gasteiger partial charge in [0.2, 0.25) is 5.91 Å². The topological polar surface area (TPSA) is 68.5 Å². The number of carbonyl (C=O) groups excluding carboxylic acids is 2. The summed E-state index contributed by atoms with van der Waals surface area (Å²) in [4.78, 5) is 23.0. The number of benzene rings is 1. The first-order chi connectivity index (χ1) is 11.6. The highest BCUT2D eigenvalue weighted by Gasteiger charge is 2.05. The van der Waals surface area contributed by atoms with Crippen LogP contribution in [0.3, 0.4) is 0 Å². The Balaban J connectivity index is 1.86. The summed E-state index contributed by atoms with van der Waals surface area (Å²) in [6, 6.07) is 11.3. The van der Waals surface area contributed by atoms with Crippen molar-refractivity contribution in [2.24, 2.45) is 0 Å². The van der Waals surface area contributed by atoms with E-state index in [1.165, 1.54) is 18.7 Å². The SMILES string of the molecule is CCc1ccc(NC(=O)/C=C/c2ccc(CCC(=O)OC)o2)cc1. The number of furan rings is 1. The lowest BCUT2D eigenvalue weighted by Gasteiger charge is -2.02. The fourth-order valence-electron chi connectivity index (χ4n) is 2.11.